The molecule has 1 nitrogen and oxygen atoms in total. The highest BCUT2D eigenvalue weighted by atomic mass is 15.1. The van der Waals surface area contributed by atoms with E-state index in [1.54, 1.807) is 0 Å². The van der Waals surface area contributed by atoms with Gasteiger partial charge in [-0.1, -0.05) is 112 Å². The third-order valence-electron chi connectivity index (χ3n) is 5.48. The van der Waals surface area contributed by atoms with E-state index in [9.17, 15) is 0 Å². The fourth-order valence-corrected chi connectivity index (χ4v) is 3.77. The van der Waals surface area contributed by atoms with Gasteiger partial charge in [-0.2, -0.15) is 0 Å². The molecule has 0 bridgehead atoms. The smallest absolute Gasteiger partial charge is 0.0237 e. The van der Waals surface area contributed by atoms with E-state index < -0.39 is 0 Å². The summed E-state index contributed by atoms with van der Waals surface area (Å²) in [5.74, 6) is 0. The predicted molar refractivity (Wildman–Crippen MR) is 128 cm³/mol. The number of hydrogen-bond acceptors (Lipinski definition) is 1. The molecule has 2 rings (SSSR count). The molecule has 0 spiro atoms. The van der Waals surface area contributed by atoms with E-state index in [1.165, 1.54) is 81.9 Å². The van der Waals surface area contributed by atoms with Gasteiger partial charge in [-0.15, -0.1) is 0 Å². The Balaban J connectivity index is 1.63. The van der Waals surface area contributed by atoms with Crippen LogP contribution in [0.1, 0.15) is 82.3 Å². The highest BCUT2D eigenvalue weighted by molar-refractivity contribution is 5.17. The molecule has 0 fully saturated rings. The van der Waals surface area contributed by atoms with Crippen molar-refractivity contribution in [3.8, 4) is 0 Å². The Labute approximate surface area is 179 Å². The van der Waals surface area contributed by atoms with E-state index in [0.717, 1.165) is 13.1 Å². The summed E-state index contributed by atoms with van der Waals surface area (Å²) >= 11 is 0. The average molecular weight is 392 g/mol. The standard InChI is InChI=1S/C28H41N/c1-2-3-4-5-6-7-8-9-10-11-12-19-24-29(25-27-20-15-13-16-21-27)26-28-22-17-14-18-23-28/h8-9,13-18,20-23H,2-7,10-12,19,24-26H2,1H3/b9-8+. The summed E-state index contributed by atoms with van der Waals surface area (Å²) in [7, 11) is 0. The van der Waals surface area contributed by atoms with Gasteiger partial charge in [0, 0.05) is 13.1 Å². The second-order valence-electron chi connectivity index (χ2n) is 8.21. The maximum Gasteiger partial charge on any atom is 0.0237 e. The Morgan fingerprint density at radius 3 is 1.59 bits per heavy atom. The van der Waals surface area contributed by atoms with E-state index in [-0.39, 0.29) is 0 Å². The van der Waals surface area contributed by atoms with Crippen molar-refractivity contribution >= 4 is 0 Å². The fraction of sp³-hybridized carbons (Fsp3) is 0.500. The topological polar surface area (TPSA) is 3.24 Å². The third kappa shape index (κ3) is 11.7. The minimum atomic E-state index is 1.04. The van der Waals surface area contributed by atoms with E-state index in [0.29, 0.717) is 0 Å². The first-order chi connectivity index (χ1) is 14.4. The highest BCUT2D eigenvalue weighted by Crippen LogP contribution is 2.12. The molecule has 1 heteroatoms. The second kappa shape index (κ2) is 16.0. The summed E-state index contributed by atoms with van der Waals surface area (Å²) in [6, 6.07) is 21.7. The van der Waals surface area contributed by atoms with E-state index in [4.69, 9.17) is 0 Å². The van der Waals surface area contributed by atoms with Crippen molar-refractivity contribution in [2.24, 2.45) is 0 Å². The Hall–Kier alpha value is -1.86. The van der Waals surface area contributed by atoms with Gasteiger partial charge in [-0.3, -0.25) is 4.90 Å². The van der Waals surface area contributed by atoms with Crippen molar-refractivity contribution in [2.75, 3.05) is 6.54 Å². The van der Waals surface area contributed by atoms with Gasteiger partial charge in [0.05, 0.1) is 0 Å². The maximum absolute atomic E-state index is 2.59. The van der Waals surface area contributed by atoms with Crippen LogP contribution in [0.25, 0.3) is 0 Å². The van der Waals surface area contributed by atoms with Crippen LogP contribution in [-0.2, 0) is 13.1 Å². The first kappa shape index (κ1) is 23.4. The van der Waals surface area contributed by atoms with Crippen LogP contribution in [0.4, 0.5) is 0 Å². The molecule has 2 aromatic rings. The second-order valence-corrected chi connectivity index (χ2v) is 8.21. The van der Waals surface area contributed by atoms with Crippen LogP contribution in [-0.4, -0.2) is 11.4 Å². The van der Waals surface area contributed by atoms with Gasteiger partial charge in [0.15, 0.2) is 0 Å². The molecule has 0 N–H and O–H groups in total. The molecule has 0 aromatic heterocycles. The molecule has 0 aliphatic carbocycles. The summed E-state index contributed by atoms with van der Waals surface area (Å²) in [5.41, 5.74) is 2.82. The van der Waals surface area contributed by atoms with Gasteiger partial charge in [-0.25, -0.2) is 0 Å². The Morgan fingerprint density at radius 1 is 0.586 bits per heavy atom. The number of hydrogen-bond donors (Lipinski definition) is 0. The normalized spacial score (nSPS) is 11.5. The lowest BCUT2D eigenvalue weighted by Gasteiger charge is -2.22. The number of unbranched alkanes of at least 4 members (excludes halogenated alkanes) is 8. The molecule has 158 valence electrons. The Kier molecular flexibility index (Phi) is 12.9. The van der Waals surface area contributed by atoms with Gasteiger partial charge in [0.2, 0.25) is 0 Å². The van der Waals surface area contributed by atoms with Crippen molar-refractivity contribution in [3.05, 3.63) is 83.9 Å². The van der Waals surface area contributed by atoms with E-state index in [2.05, 4.69) is 84.6 Å². The molecule has 0 atom stereocenters. The molecule has 0 aliphatic rings. The maximum atomic E-state index is 2.59. The lowest BCUT2D eigenvalue weighted by atomic mass is 10.1. The van der Waals surface area contributed by atoms with Crippen molar-refractivity contribution in [1.82, 2.24) is 4.90 Å². The number of nitrogens with zero attached hydrogens (tertiary/aromatic N) is 1. The predicted octanol–water partition coefficient (Wildman–Crippen LogP) is 8.17. The molecule has 29 heavy (non-hydrogen) atoms. The third-order valence-corrected chi connectivity index (χ3v) is 5.48. The van der Waals surface area contributed by atoms with Crippen molar-refractivity contribution in [3.63, 3.8) is 0 Å². The molecule has 0 amide bonds. The molecule has 0 heterocycles. The van der Waals surface area contributed by atoms with Crippen molar-refractivity contribution < 1.29 is 0 Å². The lowest BCUT2D eigenvalue weighted by Crippen LogP contribution is -2.24. The fourth-order valence-electron chi connectivity index (χ4n) is 3.77. The minimum Gasteiger partial charge on any atom is -0.295 e. The van der Waals surface area contributed by atoms with E-state index >= 15 is 0 Å². The van der Waals surface area contributed by atoms with Crippen LogP contribution < -0.4 is 0 Å². The zero-order valence-electron chi connectivity index (χ0n) is 18.6. The quantitative estimate of drug-likeness (QED) is 0.206. The van der Waals surface area contributed by atoms with Gasteiger partial charge in [0.25, 0.3) is 0 Å². The molecule has 2 aromatic carbocycles. The number of allylic oxidation sites excluding steroid dienone is 2. The van der Waals surface area contributed by atoms with Crippen molar-refractivity contribution in [2.45, 2.75) is 84.2 Å². The summed E-state index contributed by atoms with van der Waals surface area (Å²) < 4.78 is 0. The molecule has 0 saturated heterocycles. The average Bonchev–Trinajstić information content (AvgIpc) is 2.76. The molecule has 0 aliphatic heterocycles. The first-order valence-corrected chi connectivity index (χ1v) is 11.8. The summed E-state index contributed by atoms with van der Waals surface area (Å²) in [6.07, 6.45) is 18.2. The van der Waals surface area contributed by atoms with Gasteiger partial charge in [0.1, 0.15) is 0 Å². The zero-order chi connectivity index (χ0) is 20.4. The first-order valence-electron chi connectivity index (χ1n) is 11.8. The van der Waals surface area contributed by atoms with Crippen molar-refractivity contribution in [1.29, 1.82) is 0 Å². The zero-order valence-corrected chi connectivity index (χ0v) is 18.6. The van der Waals surface area contributed by atoms with Crippen LogP contribution in [0.15, 0.2) is 72.8 Å². The van der Waals surface area contributed by atoms with Crippen LogP contribution >= 0.6 is 0 Å². The van der Waals surface area contributed by atoms with Gasteiger partial charge >= 0.3 is 0 Å². The molecule has 0 unspecified atom stereocenters. The highest BCUT2D eigenvalue weighted by Gasteiger charge is 2.07. The van der Waals surface area contributed by atoms with Crippen LogP contribution in [0.3, 0.4) is 0 Å². The minimum absolute atomic E-state index is 1.04. The summed E-state index contributed by atoms with van der Waals surface area (Å²) in [5, 5.41) is 0. The van der Waals surface area contributed by atoms with Crippen LogP contribution in [0, 0.1) is 0 Å². The molecular weight excluding hydrogens is 350 g/mol. The SMILES string of the molecule is CCCCCCC/C=C/CCCCCN(Cc1ccccc1)Cc1ccccc1. The monoisotopic (exact) mass is 391 g/mol. The largest absolute Gasteiger partial charge is 0.295 e. The van der Waals surface area contributed by atoms with Crippen LogP contribution in [0.5, 0.6) is 0 Å². The summed E-state index contributed by atoms with van der Waals surface area (Å²) in [4.78, 5) is 2.59. The Bertz CT molecular complexity index is 590. The lowest BCUT2D eigenvalue weighted by molar-refractivity contribution is 0.250. The molecule has 0 saturated carbocycles. The van der Waals surface area contributed by atoms with Gasteiger partial charge < -0.3 is 0 Å². The number of benzene rings is 2. The van der Waals surface area contributed by atoms with Gasteiger partial charge in [-0.05, 0) is 49.8 Å². The Morgan fingerprint density at radius 2 is 1.07 bits per heavy atom. The summed E-state index contributed by atoms with van der Waals surface area (Å²) in [6.45, 7) is 5.52. The van der Waals surface area contributed by atoms with Crippen LogP contribution in [0.2, 0.25) is 0 Å². The van der Waals surface area contributed by atoms with E-state index in [1.807, 2.05) is 0 Å². The molecule has 0 radical (unpaired) electrons. The number of rotatable bonds is 16. The molecular formula is C28H41N.